The van der Waals surface area contributed by atoms with E-state index in [4.69, 9.17) is 4.74 Å². The minimum Gasteiger partial charge on any atom is -0.488 e. The number of carbonyl (C=O) groups excluding carboxylic acids is 1. The number of amides is 1. The smallest absolute Gasteiger partial charge is 0.254 e. The van der Waals surface area contributed by atoms with Crippen molar-refractivity contribution >= 4 is 12.1 Å². The van der Waals surface area contributed by atoms with E-state index in [1.54, 1.807) is 6.21 Å². The number of rotatable bonds is 8. The Morgan fingerprint density at radius 2 is 1.78 bits per heavy atom. The molecule has 0 bridgehead atoms. The molecule has 2 aromatic rings. The van der Waals surface area contributed by atoms with Crippen LogP contribution in [0.1, 0.15) is 43.2 Å². The maximum Gasteiger partial charge on any atom is 0.254 e. The summed E-state index contributed by atoms with van der Waals surface area (Å²) in [6, 6.07) is 18.1. The van der Waals surface area contributed by atoms with Crippen molar-refractivity contribution < 1.29 is 9.53 Å². The molecule has 1 amide bonds. The molecular weight excluding hydrogens is 338 g/mol. The second kappa shape index (κ2) is 10.5. The van der Waals surface area contributed by atoms with Crippen LogP contribution in [0.5, 0.6) is 5.75 Å². The second-order valence-corrected chi connectivity index (χ2v) is 6.82. The molecule has 1 saturated carbocycles. The van der Waals surface area contributed by atoms with Crippen molar-refractivity contribution in [2.75, 3.05) is 6.54 Å². The Bertz CT molecular complexity index is 740. The van der Waals surface area contributed by atoms with Crippen LogP contribution in [0.3, 0.4) is 0 Å². The molecule has 3 rings (SSSR count). The van der Waals surface area contributed by atoms with E-state index in [1.165, 1.54) is 19.3 Å². The number of hydrogen-bond acceptors (Lipinski definition) is 4. The normalized spacial score (nSPS) is 15.0. The second-order valence-electron chi connectivity index (χ2n) is 6.82. The van der Waals surface area contributed by atoms with Gasteiger partial charge in [-0.2, -0.15) is 5.10 Å². The number of nitrogens with one attached hydrogen (secondary N) is 2. The van der Waals surface area contributed by atoms with E-state index in [0.29, 0.717) is 19.2 Å². The number of nitrogens with zero attached hydrogens (tertiary/aromatic N) is 1. The molecule has 2 N–H and O–H groups in total. The number of benzene rings is 2. The van der Waals surface area contributed by atoms with E-state index in [2.05, 4.69) is 15.8 Å². The lowest BCUT2D eigenvalue weighted by Crippen LogP contribution is -2.38. The lowest BCUT2D eigenvalue weighted by atomic mass is 9.95. The zero-order valence-electron chi connectivity index (χ0n) is 15.6. The van der Waals surface area contributed by atoms with Crippen molar-refractivity contribution in [2.24, 2.45) is 5.10 Å². The van der Waals surface area contributed by atoms with Crippen LogP contribution >= 0.6 is 0 Å². The maximum absolute atomic E-state index is 12.0. The molecule has 0 unspecified atom stereocenters. The van der Waals surface area contributed by atoms with Crippen LogP contribution in [0.4, 0.5) is 0 Å². The lowest BCUT2D eigenvalue weighted by Gasteiger charge is -2.22. The molecule has 0 heterocycles. The Balaban J connectivity index is 1.47. The van der Waals surface area contributed by atoms with Gasteiger partial charge in [0.2, 0.25) is 0 Å². The van der Waals surface area contributed by atoms with Gasteiger partial charge >= 0.3 is 0 Å². The largest absolute Gasteiger partial charge is 0.488 e. The van der Waals surface area contributed by atoms with Gasteiger partial charge in [0.1, 0.15) is 12.4 Å². The SMILES string of the molecule is O=C(CNC1CCCCC1)N/N=C\c1ccccc1OCc1ccccc1. The first-order valence-corrected chi connectivity index (χ1v) is 9.62. The first kappa shape index (κ1) is 19.1. The molecule has 2 aromatic carbocycles. The average molecular weight is 365 g/mol. The fraction of sp³-hybridized carbons (Fsp3) is 0.364. The fourth-order valence-electron chi connectivity index (χ4n) is 3.21. The Kier molecular flexibility index (Phi) is 7.42. The van der Waals surface area contributed by atoms with Crippen LogP contribution in [0.2, 0.25) is 0 Å². The Morgan fingerprint density at radius 3 is 2.59 bits per heavy atom. The molecule has 1 aliphatic rings. The predicted molar refractivity (Wildman–Crippen MR) is 108 cm³/mol. The summed E-state index contributed by atoms with van der Waals surface area (Å²) in [6.45, 7) is 0.789. The summed E-state index contributed by atoms with van der Waals surface area (Å²) < 4.78 is 5.89. The average Bonchev–Trinajstić information content (AvgIpc) is 2.73. The molecule has 1 fully saturated rings. The minimum atomic E-state index is -0.125. The monoisotopic (exact) mass is 365 g/mol. The van der Waals surface area contributed by atoms with E-state index < -0.39 is 0 Å². The van der Waals surface area contributed by atoms with E-state index in [1.807, 2.05) is 54.6 Å². The first-order valence-electron chi connectivity index (χ1n) is 9.62. The molecule has 5 nitrogen and oxygen atoms in total. The fourth-order valence-corrected chi connectivity index (χ4v) is 3.21. The summed E-state index contributed by atoms with van der Waals surface area (Å²) in [5.41, 5.74) is 4.52. The molecule has 0 aromatic heterocycles. The highest BCUT2D eigenvalue weighted by atomic mass is 16.5. The van der Waals surface area contributed by atoms with Gasteiger partial charge in [0, 0.05) is 11.6 Å². The molecule has 1 aliphatic carbocycles. The van der Waals surface area contributed by atoms with Gasteiger partial charge in [0.25, 0.3) is 5.91 Å². The Morgan fingerprint density at radius 1 is 1.04 bits per heavy atom. The van der Waals surface area contributed by atoms with Crippen LogP contribution < -0.4 is 15.5 Å². The number of para-hydroxylation sites is 1. The number of hydrazone groups is 1. The molecule has 0 spiro atoms. The molecule has 142 valence electrons. The van der Waals surface area contributed by atoms with E-state index in [9.17, 15) is 4.79 Å². The molecule has 27 heavy (non-hydrogen) atoms. The van der Waals surface area contributed by atoms with Gasteiger partial charge in [-0.3, -0.25) is 4.79 Å². The lowest BCUT2D eigenvalue weighted by molar-refractivity contribution is -0.120. The quantitative estimate of drug-likeness (QED) is 0.555. The van der Waals surface area contributed by atoms with Crippen molar-refractivity contribution in [3.8, 4) is 5.75 Å². The van der Waals surface area contributed by atoms with Gasteiger partial charge in [-0.25, -0.2) is 5.43 Å². The minimum absolute atomic E-state index is 0.125. The van der Waals surface area contributed by atoms with Gasteiger partial charge in [-0.15, -0.1) is 0 Å². The molecule has 0 saturated heterocycles. The van der Waals surface area contributed by atoms with Crippen LogP contribution in [0, 0.1) is 0 Å². The summed E-state index contributed by atoms with van der Waals surface area (Å²) in [7, 11) is 0. The van der Waals surface area contributed by atoms with Crippen LogP contribution in [-0.2, 0) is 11.4 Å². The third-order valence-electron chi connectivity index (χ3n) is 4.71. The van der Waals surface area contributed by atoms with Crippen molar-refractivity contribution in [3.63, 3.8) is 0 Å². The third-order valence-corrected chi connectivity index (χ3v) is 4.71. The maximum atomic E-state index is 12.0. The van der Waals surface area contributed by atoms with Gasteiger partial charge in [0.05, 0.1) is 12.8 Å². The van der Waals surface area contributed by atoms with Gasteiger partial charge in [-0.05, 0) is 30.5 Å². The summed E-state index contributed by atoms with van der Waals surface area (Å²) in [6.07, 6.45) is 7.74. The summed E-state index contributed by atoms with van der Waals surface area (Å²) in [5.74, 6) is 0.610. The van der Waals surface area contributed by atoms with Crippen molar-refractivity contribution in [2.45, 2.75) is 44.8 Å². The first-order chi connectivity index (χ1) is 13.3. The zero-order valence-corrected chi connectivity index (χ0v) is 15.6. The number of ether oxygens (including phenoxy) is 1. The van der Waals surface area contributed by atoms with E-state index in [-0.39, 0.29) is 5.91 Å². The van der Waals surface area contributed by atoms with Crippen LogP contribution in [0.15, 0.2) is 59.7 Å². The Labute approximate surface area is 160 Å². The zero-order chi connectivity index (χ0) is 18.7. The highest BCUT2D eigenvalue weighted by Crippen LogP contribution is 2.18. The number of carbonyl (C=O) groups is 1. The van der Waals surface area contributed by atoms with Crippen molar-refractivity contribution in [3.05, 3.63) is 65.7 Å². The highest BCUT2D eigenvalue weighted by Gasteiger charge is 2.13. The molecular formula is C22H27N3O2. The molecule has 0 radical (unpaired) electrons. The third kappa shape index (κ3) is 6.53. The van der Waals surface area contributed by atoms with Gasteiger partial charge < -0.3 is 10.1 Å². The molecule has 0 atom stereocenters. The van der Waals surface area contributed by atoms with Crippen LogP contribution in [-0.4, -0.2) is 24.7 Å². The van der Waals surface area contributed by atoms with E-state index >= 15 is 0 Å². The van der Waals surface area contributed by atoms with Crippen LogP contribution in [0.25, 0.3) is 0 Å². The molecule has 0 aliphatic heterocycles. The van der Waals surface area contributed by atoms with Gasteiger partial charge in [-0.1, -0.05) is 61.7 Å². The summed E-state index contributed by atoms with van der Waals surface area (Å²) in [5, 5.41) is 7.39. The highest BCUT2D eigenvalue weighted by molar-refractivity contribution is 5.85. The molecule has 5 heteroatoms. The van der Waals surface area contributed by atoms with Gasteiger partial charge in [0.15, 0.2) is 0 Å². The van der Waals surface area contributed by atoms with Crippen molar-refractivity contribution in [1.82, 2.24) is 10.7 Å². The summed E-state index contributed by atoms with van der Waals surface area (Å²) >= 11 is 0. The summed E-state index contributed by atoms with van der Waals surface area (Å²) in [4.78, 5) is 12.0. The topological polar surface area (TPSA) is 62.7 Å². The Hall–Kier alpha value is -2.66. The van der Waals surface area contributed by atoms with E-state index in [0.717, 1.165) is 29.7 Å². The standard InChI is InChI=1S/C22H27N3O2/c26-22(16-23-20-12-5-2-6-13-20)25-24-15-19-11-7-8-14-21(19)27-17-18-9-3-1-4-10-18/h1,3-4,7-11,14-15,20,23H,2,5-6,12-13,16-17H2,(H,25,26)/b24-15-. The van der Waals surface area contributed by atoms with Crippen molar-refractivity contribution in [1.29, 1.82) is 0 Å². The number of hydrogen-bond donors (Lipinski definition) is 2. The predicted octanol–water partition coefficient (Wildman–Crippen LogP) is 3.64.